The van der Waals surface area contributed by atoms with E-state index in [0.717, 1.165) is 40.1 Å². The van der Waals surface area contributed by atoms with Crippen LogP contribution in [0.3, 0.4) is 0 Å². The number of anilines is 1. The van der Waals surface area contributed by atoms with E-state index < -0.39 is 28.5 Å². The Morgan fingerprint density at radius 3 is 1.89 bits per heavy atom. The van der Waals surface area contributed by atoms with Gasteiger partial charge >= 0.3 is 0 Å². The van der Waals surface area contributed by atoms with Crippen LogP contribution in [0.25, 0.3) is 0 Å². The lowest BCUT2D eigenvalue weighted by molar-refractivity contribution is -0.140. The standard InChI is InChI=1S/C36H41N3O5S/c1-3-4-24-37-36(41)34(25-29-14-8-5-9-15-29)38(26-30-16-10-6-11-17-30)35(40)27-39(45(2,42)43)32-20-22-33(23-21-32)44-28-31-18-12-7-13-19-31/h5-23,34H,3-4,24-28H2,1-2H3,(H,37,41). The van der Waals surface area contributed by atoms with Crippen molar-refractivity contribution in [2.24, 2.45) is 0 Å². The number of nitrogens with zero attached hydrogens (tertiary/aromatic N) is 2. The Kier molecular flexibility index (Phi) is 12.2. The molecule has 0 aliphatic carbocycles. The SMILES string of the molecule is CCCCNC(=O)C(Cc1ccccc1)N(Cc1ccccc1)C(=O)CN(c1ccc(OCc2ccccc2)cc1)S(C)(=O)=O. The third-order valence-corrected chi connectivity index (χ3v) is 8.49. The molecular formula is C36H41N3O5S. The van der Waals surface area contributed by atoms with Gasteiger partial charge in [-0.1, -0.05) is 104 Å². The van der Waals surface area contributed by atoms with E-state index in [2.05, 4.69) is 5.32 Å². The van der Waals surface area contributed by atoms with E-state index in [1.54, 1.807) is 24.3 Å². The van der Waals surface area contributed by atoms with Crippen LogP contribution in [-0.4, -0.2) is 50.5 Å². The second-order valence-electron chi connectivity index (χ2n) is 10.9. The van der Waals surface area contributed by atoms with Crippen LogP contribution in [0.4, 0.5) is 5.69 Å². The Labute approximate surface area is 266 Å². The van der Waals surface area contributed by atoms with Gasteiger partial charge < -0.3 is 15.0 Å². The van der Waals surface area contributed by atoms with Crippen molar-refractivity contribution in [1.82, 2.24) is 10.2 Å². The van der Waals surface area contributed by atoms with E-state index in [9.17, 15) is 18.0 Å². The maximum absolute atomic E-state index is 14.2. The number of carbonyl (C=O) groups excluding carboxylic acids is 2. The highest BCUT2D eigenvalue weighted by Crippen LogP contribution is 2.24. The number of ether oxygens (including phenoxy) is 1. The van der Waals surface area contributed by atoms with Crippen molar-refractivity contribution in [3.8, 4) is 5.75 Å². The number of amides is 2. The summed E-state index contributed by atoms with van der Waals surface area (Å²) in [6, 6.07) is 34.4. The molecule has 4 aromatic rings. The molecule has 0 radical (unpaired) electrons. The van der Waals surface area contributed by atoms with Crippen molar-refractivity contribution in [3.05, 3.63) is 132 Å². The van der Waals surface area contributed by atoms with Gasteiger partial charge in [-0.2, -0.15) is 0 Å². The summed E-state index contributed by atoms with van der Waals surface area (Å²) in [5, 5.41) is 2.99. The van der Waals surface area contributed by atoms with Crippen molar-refractivity contribution in [2.75, 3.05) is 23.7 Å². The van der Waals surface area contributed by atoms with Gasteiger partial charge in [-0.05, 0) is 47.4 Å². The maximum Gasteiger partial charge on any atom is 0.244 e. The molecule has 0 bridgehead atoms. The Bertz CT molecular complexity index is 1600. The number of unbranched alkanes of at least 4 members (excludes halogenated alkanes) is 1. The molecule has 0 aliphatic rings. The van der Waals surface area contributed by atoms with Gasteiger partial charge in [0, 0.05) is 19.5 Å². The Balaban J connectivity index is 1.61. The zero-order chi connectivity index (χ0) is 32.1. The highest BCUT2D eigenvalue weighted by Gasteiger charge is 2.33. The van der Waals surface area contributed by atoms with E-state index in [4.69, 9.17) is 4.74 Å². The molecular weight excluding hydrogens is 586 g/mol. The Hall–Kier alpha value is -4.63. The lowest BCUT2D eigenvalue weighted by Crippen LogP contribution is -2.53. The van der Waals surface area contributed by atoms with Crippen LogP contribution in [0.15, 0.2) is 115 Å². The molecule has 45 heavy (non-hydrogen) atoms. The molecule has 0 heterocycles. The molecule has 4 rings (SSSR count). The molecule has 9 heteroatoms. The molecule has 0 aliphatic heterocycles. The second-order valence-corrected chi connectivity index (χ2v) is 12.8. The summed E-state index contributed by atoms with van der Waals surface area (Å²) in [7, 11) is -3.87. The van der Waals surface area contributed by atoms with Gasteiger partial charge in [0.05, 0.1) is 11.9 Å². The number of sulfonamides is 1. The number of benzene rings is 4. The van der Waals surface area contributed by atoms with E-state index >= 15 is 0 Å². The highest BCUT2D eigenvalue weighted by atomic mass is 32.2. The molecule has 236 valence electrons. The second kappa shape index (κ2) is 16.4. The van der Waals surface area contributed by atoms with E-state index in [1.165, 1.54) is 4.90 Å². The predicted octanol–water partition coefficient (Wildman–Crippen LogP) is 5.59. The Morgan fingerprint density at radius 2 is 1.33 bits per heavy atom. The van der Waals surface area contributed by atoms with E-state index in [1.807, 2.05) is 97.9 Å². The monoisotopic (exact) mass is 627 g/mol. The lowest BCUT2D eigenvalue weighted by atomic mass is 10.0. The number of hydrogen-bond donors (Lipinski definition) is 1. The normalized spacial score (nSPS) is 11.8. The minimum absolute atomic E-state index is 0.141. The largest absolute Gasteiger partial charge is 0.489 e. The van der Waals surface area contributed by atoms with Gasteiger partial charge in [-0.15, -0.1) is 0 Å². The first kappa shape index (κ1) is 33.3. The van der Waals surface area contributed by atoms with Crippen molar-refractivity contribution in [3.63, 3.8) is 0 Å². The highest BCUT2D eigenvalue weighted by molar-refractivity contribution is 7.92. The molecule has 2 amide bonds. The number of hydrogen-bond acceptors (Lipinski definition) is 5. The number of rotatable bonds is 16. The van der Waals surface area contributed by atoms with Crippen molar-refractivity contribution < 1.29 is 22.7 Å². The molecule has 1 atom stereocenters. The third-order valence-electron chi connectivity index (χ3n) is 7.35. The van der Waals surface area contributed by atoms with Gasteiger partial charge in [0.15, 0.2) is 0 Å². The minimum atomic E-state index is -3.87. The summed E-state index contributed by atoms with van der Waals surface area (Å²) in [6.45, 7) is 2.57. The first-order valence-corrected chi connectivity index (χ1v) is 17.0. The first-order chi connectivity index (χ1) is 21.7. The number of carbonyl (C=O) groups is 2. The topological polar surface area (TPSA) is 96.0 Å². The third kappa shape index (κ3) is 10.2. The van der Waals surface area contributed by atoms with Gasteiger partial charge in [0.1, 0.15) is 24.9 Å². The maximum atomic E-state index is 14.2. The fraction of sp³-hybridized carbons (Fsp3) is 0.278. The molecule has 0 spiro atoms. The van der Waals surface area contributed by atoms with Crippen LogP contribution < -0.4 is 14.4 Å². The molecule has 0 saturated carbocycles. The summed E-state index contributed by atoms with van der Waals surface area (Å²) in [5.41, 5.74) is 3.05. The average molecular weight is 628 g/mol. The van der Waals surface area contributed by atoms with Crippen LogP contribution in [0.1, 0.15) is 36.5 Å². The summed E-state index contributed by atoms with van der Waals surface area (Å²) >= 11 is 0. The van der Waals surface area contributed by atoms with Gasteiger partial charge in [-0.25, -0.2) is 8.42 Å². The molecule has 1 N–H and O–H groups in total. The quantitative estimate of drug-likeness (QED) is 0.164. The average Bonchev–Trinajstić information content (AvgIpc) is 3.05. The Morgan fingerprint density at radius 1 is 0.778 bits per heavy atom. The first-order valence-electron chi connectivity index (χ1n) is 15.1. The molecule has 0 aromatic heterocycles. The molecule has 8 nitrogen and oxygen atoms in total. The molecule has 1 unspecified atom stereocenters. The smallest absolute Gasteiger partial charge is 0.244 e. The summed E-state index contributed by atoms with van der Waals surface area (Å²) < 4.78 is 33.1. The summed E-state index contributed by atoms with van der Waals surface area (Å²) in [6.07, 6.45) is 3.07. The van der Waals surface area contributed by atoms with E-state index in [0.29, 0.717) is 24.6 Å². The van der Waals surface area contributed by atoms with Crippen LogP contribution in [0.5, 0.6) is 5.75 Å². The minimum Gasteiger partial charge on any atom is -0.489 e. The fourth-order valence-electron chi connectivity index (χ4n) is 4.90. The predicted molar refractivity (Wildman–Crippen MR) is 178 cm³/mol. The van der Waals surface area contributed by atoms with Crippen LogP contribution >= 0.6 is 0 Å². The summed E-state index contributed by atoms with van der Waals surface area (Å²) in [5.74, 6) is -0.192. The van der Waals surface area contributed by atoms with Gasteiger partial charge in [0.25, 0.3) is 0 Å². The lowest BCUT2D eigenvalue weighted by Gasteiger charge is -2.33. The van der Waals surface area contributed by atoms with E-state index in [-0.39, 0.29) is 18.9 Å². The van der Waals surface area contributed by atoms with Crippen LogP contribution in [0.2, 0.25) is 0 Å². The zero-order valence-corrected chi connectivity index (χ0v) is 26.7. The molecule has 4 aromatic carbocycles. The van der Waals surface area contributed by atoms with Crippen molar-refractivity contribution >= 4 is 27.5 Å². The zero-order valence-electron chi connectivity index (χ0n) is 25.8. The van der Waals surface area contributed by atoms with Crippen molar-refractivity contribution in [1.29, 1.82) is 0 Å². The molecule has 0 saturated heterocycles. The summed E-state index contributed by atoms with van der Waals surface area (Å²) in [4.78, 5) is 29.3. The number of nitrogens with one attached hydrogen (secondary N) is 1. The van der Waals surface area contributed by atoms with Crippen LogP contribution in [0, 0.1) is 0 Å². The van der Waals surface area contributed by atoms with Gasteiger partial charge in [-0.3, -0.25) is 13.9 Å². The van der Waals surface area contributed by atoms with Crippen molar-refractivity contribution in [2.45, 2.75) is 45.4 Å². The fourth-order valence-corrected chi connectivity index (χ4v) is 5.75. The van der Waals surface area contributed by atoms with Gasteiger partial charge in [0.2, 0.25) is 21.8 Å². The molecule has 0 fully saturated rings. The van der Waals surface area contributed by atoms with Crippen LogP contribution in [-0.2, 0) is 39.2 Å².